The highest BCUT2D eigenvalue weighted by Crippen LogP contribution is 2.45. The van der Waals surface area contributed by atoms with Crippen molar-refractivity contribution in [2.45, 2.75) is 133 Å². The molecule has 0 bridgehead atoms. The number of nitro groups is 2. The zero-order chi connectivity index (χ0) is 34.0. The molecule has 0 aliphatic carbocycles. The lowest BCUT2D eigenvalue weighted by Gasteiger charge is -2.25. The van der Waals surface area contributed by atoms with E-state index < -0.39 is 32.1 Å². The van der Waals surface area contributed by atoms with E-state index in [9.17, 15) is 40.0 Å². The molecule has 0 atom stereocenters. The number of ether oxygens (including phenoxy) is 2. The number of benzene rings is 2. The number of nitro benzene ring substituents is 2. The minimum absolute atomic E-state index is 0. The fourth-order valence-electron chi connectivity index (χ4n) is 4.69. The van der Waals surface area contributed by atoms with Crippen molar-refractivity contribution >= 4 is 23.3 Å². The molecular formula is C36H60N2O10. The Balaban J connectivity index is -0.000000684. The molecule has 0 radical (unpaired) electrons. The molecule has 2 aromatic rings. The molecular weight excluding hydrogens is 620 g/mol. The SMILES string of the molecule is C.C.C.C.C1CCOC1.CC(C)(C)c1cc(C(C)(C)C(=O)O)c(O)cc1[N+](=O)[O-].CC(C)(C)c1cc2c(cc1[N+](=O)[O-])OC(=O)C2(C)C. The molecule has 0 saturated carbocycles. The van der Waals surface area contributed by atoms with E-state index in [-0.39, 0.29) is 63.8 Å². The van der Waals surface area contributed by atoms with Crippen LogP contribution in [0.2, 0.25) is 0 Å². The van der Waals surface area contributed by atoms with Gasteiger partial charge in [-0.25, -0.2) is 0 Å². The van der Waals surface area contributed by atoms with E-state index in [0.717, 1.165) is 19.3 Å². The molecule has 12 nitrogen and oxygen atoms in total. The van der Waals surface area contributed by atoms with Gasteiger partial charge in [0, 0.05) is 35.5 Å². The molecule has 12 heteroatoms. The predicted molar refractivity (Wildman–Crippen MR) is 192 cm³/mol. The van der Waals surface area contributed by atoms with Crippen molar-refractivity contribution in [1.82, 2.24) is 0 Å². The molecule has 1 saturated heterocycles. The number of rotatable bonds is 4. The van der Waals surface area contributed by atoms with E-state index >= 15 is 0 Å². The molecule has 4 rings (SSSR count). The number of phenols is 1. The maximum absolute atomic E-state index is 11.8. The van der Waals surface area contributed by atoms with E-state index in [1.54, 1.807) is 40.7 Å². The summed E-state index contributed by atoms with van der Waals surface area (Å²) in [4.78, 5) is 44.4. The van der Waals surface area contributed by atoms with Crippen LogP contribution in [0.3, 0.4) is 0 Å². The minimum Gasteiger partial charge on any atom is -0.507 e. The largest absolute Gasteiger partial charge is 0.507 e. The topological polar surface area (TPSA) is 179 Å². The van der Waals surface area contributed by atoms with Crippen LogP contribution in [0.5, 0.6) is 11.5 Å². The lowest BCUT2D eigenvalue weighted by molar-refractivity contribution is -0.386. The summed E-state index contributed by atoms with van der Waals surface area (Å²) in [6.07, 6.45) is 2.56. The first-order valence-electron chi connectivity index (χ1n) is 14.3. The number of hydrogen-bond donors (Lipinski definition) is 2. The van der Waals surface area contributed by atoms with Crippen LogP contribution in [0.25, 0.3) is 0 Å². The molecule has 1 fully saturated rings. The molecule has 0 amide bonds. The summed E-state index contributed by atoms with van der Waals surface area (Å²) in [5.74, 6) is -1.56. The number of hydrogen-bond acceptors (Lipinski definition) is 9. The van der Waals surface area contributed by atoms with E-state index in [4.69, 9.17) is 9.47 Å². The first-order chi connectivity index (χ1) is 19.9. The normalized spacial score (nSPS) is 14.3. The number of carbonyl (C=O) groups excluding carboxylic acids is 1. The Morgan fingerprint density at radius 3 is 1.54 bits per heavy atom. The van der Waals surface area contributed by atoms with E-state index in [1.807, 2.05) is 20.8 Å². The zero-order valence-electron chi connectivity index (χ0n) is 27.2. The van der Waals surface area contributed by atoms with Crippen LogP contribution in [-0.4, -0.2) is 45.2 Å². The van der Waals surface area contributed by atoms with Crippen molar-refractivity contribution in [3.8, 4) is 11.5 Å². The fourth-order valence-corrected chi connectivity index (χ4v) is 4.69. The Morgan fingerprint density at radius 1 is 0.771 bits per heavy atom. The molecule has 2 aromatic carbocycles. The highest BCUT2D eigenvalue weighted by molar-refractivity contribution is 5.90. The quantitative estimate of drug-likeness (QED) is 0.137. The summed E-state index contributed by atoms with van der Waals surface area (Å²) in [6, 6.07) is 5.54. The Hall–Kier alpha value is -4.06. The molecule has 2 aliphatic heterocycles. The number of nitrogens with zero attached hydrogens (tertiary/aromatic N) is 2. The van der Waals surface area contributed by atoms with Crippen molar-refractivity contribution in [1.29, 1.82) is 0 Å². The highest BCUT2D eigenvalue weighted by Gasteiger charge is 2.43. The number of carbonyl (C=O) groups is 2. The average Bonchev–Trinajstić information content (AvgIpc) is 3.53. The van der Waals surface area contributed by atoms with Crippen molar-refractivity contribution < 1.29 is 39.1 Å². The van der Waals surface area contributed by atoms with Crippen LogP contribution in [0.1, 0.15) is 134 Å². The van der Waals surface area contributed by atoms with Gasteiger partial charge in [0.15, 0.2) is 0 Å². The summed E-state index contributed by atoms with van der Waals surface area (Å²) in [7, 11) is 0. The number of aromatic hydroxyl groups is 1. The number of carboxylic acid groups (broad SMARTS) is 1. The Kier molecular flexibility index (Phi) is 17.5. The number of fused-ring (bicyclic) bond motifs is 1. The first kappa shape index (κ1) is 48.3. The van der Waals surface area contributed by atoms with Crippen molar-refractivity contribution in [3.63, 3.8) is 0 Å². The number of aliphatic carboxylic acids is 1. The monoisotopic (exact) mass is 680 g/mol. The third kappa shape index (κ3) is 10.7. The van der Waals surface area contributed by atoms with Gasteiger partial charge < -0.3 is 19.7 Å². The minimum atomic E-state index is -1.33. The summed E-state index contributed by atoms with van der Waals surface area (Å²) in [6.45, 7) is 19.5. The van der Waals surface area contributed by atoms with Gasteiger partial charge in [-0.1, -0.05) is 71.2 Å². The molecule has 2 aliphatic rings. The molecule has 48 heavy (non-hydrogen) atoms. The smallest absolute Gasteiger partial charge is 0.321 e. The van der Waals surface area contributed by atoms with Crippen molar-refractivity contribution in [2.75, 3.05) is 13.2 Å². The van der Waals surface area contributed by atoms with Crippen molar-refractivity contribution in [2.24, 2.45) is 0 Å². The van der Waals surface area contributed by atoms with Gasteiger partial charge in [-0.15, -0.1) is 0 Å². The first-order valence-corrected chi connectivity index (χ1v) is 14.3. The molecule has 274 valence electrons. The standard InChI is InChI=1S/C14H19NO5.C14H17NO4.C4H8O.4CH4/c1-13(2,3)8-6-9(14(4,5)12(17)18)11(16)7-10(8)15(19)20;1-13(2,3)8-6-9-11(7-10(8)15(17)18)19-12(16)14(9,4)5;1-2-4-5-3-1;;;;/h6-7,16H,1-5H3,(H,17,18);6-7H,1-5H3;1-4H2;4*1H4. The maximum atomic E-state index is 11.8. The van der Waals surface area contributed by atoms with E-state index in [1.165, 1.54) is 38.8 Å². The second-order valence-corrected chi connectivity index (χ2v) is 14.0. The fraction of sp³-hybridized carbons (Fsp3) is 0.611. The lowest BCUT2D eigenvalue weighted by Crippen LogP contribution is -2.29. The Bertz CT molecular complexity index is 1440. The van der Waals surface area contributed by atoms with Gasteiger partial charge >= 0.3 is 11.9 Å². The number of esters is 1. The predicted octanol–water partition coefficient (Wildman–Crippen LogP) is 9.39. The van der Waals surface area contributed by atoms with Gasteiger partial charge in [-0.2, -0.15) is 0 Å². The second kappa shape index (κ2) is 17.4. The summed E-state index contributed by atoms with van der Waals surface area (Å²) >= 11 is 0. The molecule has 2 N–H and O–H groups in total. The highest BCUT2D eigenvalue weighted by atomic mass is 16.6. The van der Waals surface area contributed by atoms with Crippen LogP contribution < -0.4 is 4.74 Å². The lowest BCUT2D eigenvalue weighted by atomic mass is 9.78. The van der Waals surface area contributed by atoms with Gasteiger partial charge in [0.25, 0.3) is 11.4 Å². The van der Waals surface area contributed by atoms with E-state index in [0.29, 0.717) is 22.4 Å². The van der Waals surface area contributed by atoms with Crippen LogP contribution in [0.15, 0.2) is 24.3 Å². The molecule has 0 spiro atoms. The van der Waals surface area contributed by atoms with Crippen molar-refractivity contribution in [3.05, 3.63) is 66.7 Å². The number of carboxylic acids is 1. The molecule has 0 aromatic heterocycles. The number of phenolic OH excluding ortho intramolecular Hbond substituents is 1. The van der Waals surface area contributed by atoms with Crippen LogP contribution in [-0.2, 0) is 36.0 Å². The van der Waals surface area contributed by atoms with Crippen LogP contribution in [0, 0.1) is 20.2 Å². The van der Waals surface area contributed by atoms with Gasteiger partial charge in [-0.3, -0.25) is 29.8 Å². The van der Waals surface area contributed by atoms with Crippen LogP contribution in [0.4, 0.5) is 11.4 Å². The molecule has 2 heterocycles. The van der Waals surface area contributed by atoms with Gasteiger partial charge in [0.05, 0.1) is 32.8 Å². The van der Waals surface area contributed by atoms with Gasteiger partial charge in [-0.05, 0) is 63.5 Å². The zero-order valence-corrected chi connectivity index (χ0v) is 27.2. The summed E-state index contributed by atoms with van der Waals surface area (Å²) in [5.41, 5.74) is -1.33. The van der Waals surface area contributed by atoms with Gasteiger partial charge in [0.1, 0.15) is 11.5 Å². The van der Waals surface area contributed by atoms with Gasteiger partial charge in [0.2, 0.25) is 0 Å². The summed E-state index contributed by atoms with van der Waals surface area (Å²) < 4.78 is 10.1. The maximum Gasteiger partial charge on any atom is 0.321 e. The summed E-state index contributed by atoms with van der Waals surface area (Å²) in [5, 5.41) is 41.5. The second-order valence-electron chi connectivity index (χ2n) is 14.0. The third-order valence-electron chi connectivity index (χ3n) is 7.64. The van der Waals surface area contributed by atoms with E-state index in [2.05, 4.69) is 0 Å². The average molecular weight is 681 g/mol. The molecule has 0 unspecified atom stereocenters. The van der Waals surface area contributed by atoms with Crippen LogP contribution >= 0.6 is 0 Å². The Morgan fingerprint density at radius 2 is 1.19 bits per heavy atom. The third-order valence-corrected chi connectivity index (χ3v) is 7.64. The Labute approximate surface area is 287 Å².